The third-order valence-electron chi connectivity index (χ3n) is 2.24. The average molecular weight is 253 g/mol. The molecule has 2 aromatic rings. The highest BCUT2D eigenvalue weighted by Crippen LogP contribution is 2.23. The molecule has 0 spiro atoms. The zero-order chi connectivity index (χ0) is 10.7. The van der Waals surface area contributed by atoms with Crippen molar-refractivity contribution in [3.8, 4) is 0 Å². The molecule has 0 saturated carbocycles. The van der Waals surface area contributed by atoms with Crippen LogP contribution in [0.1, 0.15) is 18.6 Å². The summed E-state index contributed by atoms with van der Waals surface area (Å²) in [5.74, 6) is 0. The molecule has 0 N–H and O–H groups in total. The Bertz CT molecular complexity index is 450. The molecule has 0 amide bonds. The van der Waals surface area contributed by atoms with Crippen LogP contribution in [0.5, 0.6) is 0 Å². The number of benzene rings is 2. The Kier molecular flexibility index (Phi) is 4.85. The van der Waals surface area contributed by atoms with Crippen LogP contribution in [0.2, 0.25) is 10.0 Å². The number of hydrogen-bond acceptors (Lipinski definition) is 0. The molecule has 0 radical (unpaired) electrons. The van der Waals surface area contributed by atoms with Gasteiger partial charge >= 0.3 is 0 Å². The van der Waals surface area contributed by atoms with E-state index in [1.54, 1.807) is 0 Å². The summed E-state index contributed by atoms with van der Waals surface area (Å²) in [5, 5.41) is 1.22. The summed E-state index contributed by atoms with van der Waals surface area (Å²) < 4.78 is 0. The second-order valence-electron chi connectivity index (χ2n) is 3.41. The molecule has 2 aromatic carbocycles. The fourth-order valence-electron chi connectivity index (χ4n) is 1.48. The summed E-state index contributed by atoms with van der Waals surface area (Å²) in [5.41, 5.74) is 2.45. The summed E-state index contributed by atoms with van der Waals surface area (Å²) in [6.07, 6.45) is 0.887. The Hall–Kier alpha value is -0.980. The molecule has 0 aliphatic rings. The SMILES string of the molecule is C.Clc1ccc(Cc2ccccc2)cc1Cl. The van der Waals surface area contributed by atoms with Crippen molar-refractivity contribution >= 4 is 23.2 Å². The largest absolute Gasteiger partial charge is 0.0827 e. The van der Waals surface area contributed by atoms with Crippen molar-refractivity contribution in [2.24, 2.45) is 0 Å². The summed E-state index contributed by atoms with van der Waals surface area (Å²) in [7, 11) is 0. The van der Waals surface area contributed by atoms with Crippen LogP contribution in [0.15, 0.2) is 48.5 Å². The molecular formula is C14H14Cl2. The molecular weight excluding hydrogens is 239 g/mol. The van der Waals surface area contributed by atoms with Gasteiger partial charge in [-0.1, -0.05) is 67.0 Å². The van der Waals surface area contributed by atoms with E-state index in [0.717, 1.165) is 6.42 Å². The number of halogens is 2. The van der Waals surface area contributed by atoms with Gasteiger partial charge in [0.2, 0.25) is 0 Å². The van der Waals surface area contributed by atoms with E-state index < -0.39 is 0 Å². The van der Waals surface area contributed by atoms with Gasteiger partial charge in [0, 0.05) is 0 Å². The van der Waals surface area contributed by atoms with Gasteiger partial charge in [-0.15, -0.1) is 0 Å². The van der Waals surface area contributed by atoms with Crippen molar-refractivity contribution in [1.29, 1.82) is 0 Å². The van der Waals surface area contributed by atoms with Crippen molar-refractivity contribution in [3.05, 3.63) is 69.7 Å². The minimum absolute atomic E-state index is 0. The van der Waals surface area contributed by atoms with E-state index >= 15 is 0 Å². The van der Waals surface area contributed by atoms with E-state index in [4.69, 9.17) is 23.2 Å². The second-order valence-corrected chi connectivity index (χ2v) is 4.23. The predicted molar refractivity (Wildman–Crippen MR) is 72.4 cm³/mol. The zero-order valence-corrected chi connectivity index (χ0v) is 9.59. The fourth-order valence-corrected chi connectivity index (χ4v) is 1.80. The fraction of sp³-hybridized carbons (Fsp3) is 0.143. The van der Waals surface area contributed by atoms with Gasteiger partial charge in [-0.2, -0.15) is 0 Å². The van der Waals surface area contributed by atoms with E-state index in [1.165, 1.54) is 11.1 Å². The lowest BCUT2D eigenvalue weighted by atomic mass is 10.1. The highest BCUT2D eigenvalue weighted by Gasteiger charge is 2.00. The van der Waals surface area contributed by atoms with E-state index in [2.05, 4.69) is 12.1 Å². The third kappa shape index (κ3) is 3.26. The van der Waals surface area contributed by atoms with Gasteiger partial charge < -0.3 is 0 Å². The van der Waals surface area contributed by atoms with E-state index in [-0.39, 0.29) is 7.43 Å². The molecule has 2 rings (SSSR count). The quantitative estimate of drug-likeness (QED) is 0.688. The minimum Gasteiger partial charge on any atom is -0.0827 e. The molecule has 0 aliphatic carbocycles. The van der Waals surface area contributed by atoms with Crippen LogP contribution in [0, 0.1) is 0 Å². The van der Waals surface area contributed by atoms with Gasteiger partial charge in [0.1, 0.15) is 0 Å². The van der Waals surface area contributed by atoms with E-state index in [1.807, 2.05) is 36.4 Å². The Labute approximate surface area is 107 Å². The van der Waals surface area contributed by atoms with Gasteiger partial charge in [0.25, 0.3) is 0 Å². The maximum absolute atomic E-state index is 5.95. The van der Waals surface area contributed by atoms with Crippen molar-refractivity contribution in [3.63, 3.8) is 0 Å². The summed E-state index contributed by atoms with van der Waals surface area (Å²) in [6, 6.07) is 16.0. The topological polar surface area (TPSA) is 0 Å². The van der Waals surface area contributed by atoms with Crippen LogP contribution in [-0.4, -0.2) is 0 Å². The minimum atomic E-state index is 0. The number of hydrogen-bond donors (Lipinski definition) is 0. The molecule has 0 bridgehead atoms. The average Bonchev–Trinajstić information content (AvgIpc) is 2.25. The van der Waals surface area contributed by atoms with Gasteiger partial charge in [-0.05, 0) is 29.7 Å². The first kappa shape index (κ1) is 13.1. The standard InChI is InChI=1S/C13H10Cl2.CH4/c14-12-7-6-11(9-13(12)15)8-10-4-2-1-3-5-10;/h1-7,9H,8H2;1H4. The molecule has 0 atom stereocenters. The van der Waals surface area contributed by atoms with Crippen LogP contribution < -0.4 is 0 Å². The highest BCUT2D eigenvalue weighted by atomic mass is 35.5. The van der Waals surface area contributed by atoms with Gasteiger partial charge in [0.05, 0.1) is 10.0 Å². The van der Waals surface area contributed by atoms with E-state index in [0.29, 0.717) is 10.0 Å². The molecule has 0 unspecified atom stereocenters. The molecule has 84 valence electrons. The molecule has 0 fully saturated rings. The monoisotopic (exact) mass is 252 g/mol. The number of rotatable bonds is 2. The lowest BCUT2D eigenvalue weighted by Gasteiger charge is -2.03. The normalized spacial score (nSPS) is 9.62. The Morgan fingerprint density at radius 2 is 1.44 bits per heavy atom. The van der Waals surface area contributed by atoms with Crippen LogP contribution in [0.3, 0.4) is 0 Å². The first-order chi connectivity index (χ1) is 7.25. The first-order valence-electron chi connectivity index (χ1n) is 4.73. The molecule has 0 heterocycles. The van der Waals surface area contributed by atoms with Crippen molar-refractivity contribution in [1.82, 2.24) is 0 Å². The van der Waals surface area contributed by atoms with Crippen LogP contribution in [-0.2, 0) is 6.42 Å². The van der Waals surface area contributed by atoms with Crippen molar-refractivity contribution < 1.29 is 0 Å². The molecule has 16 heavy (non-hydrogen) atoms. The lowest BCUT2D eigenvalue weighted by molar-refractivity contribution is 1.19. The van der Waals surface area contributed by atoms with Gasteiger partial charge in [-0.25, -0.2) is 0 Å². The Balaban J connectivity index is 0.00000128. The van der Waals surface area contributed by atoms with Crippen LogP contribution in [0.4, 0.5) is 0 Å². The van der Waals surface area contributed by atoms with Gasteiger partial charge in [-0.3, -0.25) is 0 Å². The van der Waals surface area contributed by atoms with E-state index in [9.17, 15) is 0 Å². The Morgan fingerprint density at radius 3 is 2.06 bits per heavy atom. The van der Waals surface area contributed by atoms with Crippen molar-refractivity contribution in [2.75, 3.05) is 0 Å². The van der Waals surface area contributed by atoms with Crippen molar-refractivity contribution in [2.45, 2.75) is 13.8 Å². The third-order valence-corrected chi connectivity index (χ3v) is 2.97. The molecule has 0 aliphatic heterocycles. The smallest absolute Gasteiger partial charge is 0.0595 e. The van der Waals surface area contributed by atoms with Gasteiger partial charge in [0.15, 0.2) is 0 Å². The Morgan fingerprint density at radius 1 is 0.750 bits per heavy atom. The first-order valence-corrected chi connectivity index (χ1v) is 5.49. The zero-order valence-electron chi connectivity index (χ0n) is 8.08. The maximum atomic E-state index is 5.95. The maximum Gasteiger partial charge on any atom is 0.0595 e. The van der Waals surface area contributed by atoms with Crippen LogP contribution >= 0.6 is 23.2 Å². The molecule has 2 heteroatoms. The highest BCUT2D eigenvalue weighted by molar-refractivity contribution is 6.42. The molecule has 0 nitrogen and oxygen atoms in total. The summed E-state index contributed by atoms with van der Waals surface area (Å²) in [6.45, 7) is 0. The predicted octanol–water partition coefficient (Wildman–Crippen LogP) is 5.22. The molecule has 0 aromatic heterocycles. The lowest BCUT2D eigenvalue weighted by Crippen LogP contribution is -1.87. The second kappa shape index (κ2) is 5.93. The summed E-state index contributed by atoms with van der Waals surface area (Å²) in [4.78, 5) is 0. The molecule has 0 saturated heterocycles. The summed E-state index contributed by atoms with van der Waals surface area (Å²) >= 11 is 11.8. The van der Waals surface area contributed by atoms with Crippen LogP contribution in [0.25, 0.3) is 0 Å².